The van der Waals surface area contributed by atoms with Crippen LogP contribution in [-0.2, 0) is 0 Å². The lowest BCUT2D eigenvalue weighted by molar-refractivity contribution is 0.954. The lowest BCUT2D eigenvalue weighted by Crippen LogP contribution is -1.85. The summed E-state index contributed by atoms with van der Waals surface area (Å²) < 4.78 is 1.26. The maximum absolute atomic E-state index is 4.30. The second-order valence-electron chi connectivity index (χ2n) is 2.63. The van der Waals surface area contributed by atoms with Crippen LogP contribution in [0.2, 0.25) is 0 Å². The fourth-order valence-electron chi connectivity index (χ4n) is 0.870. The molecule has 0 aliphatic rings. The van der Waals surface area contributed by atoms with Gasteiger partial charge in [0.05, 0.1) is 0 Å². The van der Waals surface area contributed by atoms with Gasteiger partial charge in [0, 0.05) is 21.7 Å². The van der Waals surface area contributed by atoms with Crippen LogP contribution in [0.15, 0.2) is 29.3 Å². The average molecular weight is 352 g/mol. The van der Waals surface area contributed by atoms with Crippen molar-refractivity contribution in [3.63, 3.8) is 0 Å². The van der Waals surface area contributed by atoms with Gasteiger partial charge in [-0.05, 0) is 46.7 Å². The van der Waals surface area contributed by atoms with E-state index in [2.05, 4.69) is 67.8 Å². The Morgan fingerprint density at radius 3 is 2.62 bits per heavy atom. The third-order valence-electron chi connectivity index (χ3n) is 1.53. The van der Waals surface area contributed by atoms with Crippen molar-refractivity contribution in [2.24, 2.45) is 4.99 Å². The fraction of sp³-hybridized carbons (Fsp3) is 0.300. The summed E-state index contributed by atoms with van der Waals surface area (Å²) in [5.74, 6) is 0. The highest BCUT2D eigenvalue weighted by molar-refractivity contribution is 14.1. The summed E-state index contributed by atoms with van der Waals surface area (Å²) >= 11 is 5.67. The third-order valence-corrected chi connectivity index (χ3v) is 2.81. The van der Waals surface area contributed by atoms with Crippen molar-refractivity contribution < 1.29 is 0 Å². The van der Waals surface area contributed by atoms with E-state index in [1.165, 1.54) is 9.13 Å². The molecular weight excluding hydrogens is 341 g/mol. The molecule has 3 heteroatoms. The molecule has 0 spiro atoms. The van der Waals surface area contributed by atoms with E-state index in [4.69, 9.17) is 0 Å². The molecule has 70 valence electrons. The first kappa shape index (κ1) is 11.2. The second kappa shape index (κ2) is 6.54. The van der Waals surface area contributed by atoms with Crippen LogP contribution in [0.5, 0.6) is 0 Å². The van der Waals surface area contributed by atoms with Crippen LogP contribution in [0.1, 0.15) is 12.0 Å². The van der Waals surface area contributed by atoms with Crippen molar-refractivity contribution in [1.29, 1.82) is 0 Å². The molecule has 0 N–H and O–H groups in total. The SMILES string of the molecule is BrCCCN=Cc1ccc(I)cc1. The van der Waals surface area contributed by atoms with Crippen molar-refractivity contribution in [2.75, 3.05) is 11.9 Å². The van der Waals surface area contributed by atoms with Crippen molar-refractivity contribution in [2.45, 2.75) is 6.42 Å². The number of aliphatic imine (C=N–C) groups is 1. The molecule has 0 bridgehead atoms. The van der Waals surface area contributed by atoms with Crippen LogP contribution in [0.25, 0.3) is 0 Å². The van der Waals surface area contributed by atoms with E-state index in [-0.39, 0.29) is 0 Å². The number of rotatable bonds is 4. The Morgan fingerprint density at radius 1 is 1.31 bits per heavy atom. The molecule has 0 unspecified atom stereocenters. The lowest BCUT2D eigenvalue weighted by Gasteiger charge is -1.93. The zero-order valence-corrected chi connectivity index (χ0v) is 11.0. The number of halogens is 2. The van der Waals surface area contributed by atoms with Gasteiger partial charge >= 0.3 is 0 Å². The molecule has 0 aliphatic heterocycles. The van der Waals surface area contributed by atoms with Crippen LogP contribution < -0.4 is 0 Å². The Kier molecular flexibility index (Phi) is 5.62. The zero-order valence-electron chi connectivity index (χ0n) is 7.21. The minimum atomic E-state index is 0.900. The van der Waals surface area contributed by atoms with E-state index in [0.717, 1.165) is 18.3 Å². The van der Waals surface area contributed by atoms with Crippen LogP contribution in [0, 0.1) is 3.57 Å². The Bertz CT molecular complexity index is 269. The maximum Gasteiger partial charge on any atom is 0.0397 e. The van der Waals surface area contributed by atoms with Gasteiger partial charge in [-0.3, -0.25) is 4.99 Å². The van der Waals surface area contributed by atoms with Gasteiger partial charge in [-0.25, -0.2) is 0 Å². The Morgan fingerprint density at radius 2 is 2.00 bits per heavy atom. The van der Waals surface area contributed by atoms with Gasteiger partial charge in [0.2, 0.25) is 0 Å². The molecule has 0 fully saturated rings. The normalized spacial score (nSPS) is 10.9. The van der Waals surface area contributed by atoms with Crippen LogP contribution in [0.3, 0.4) is 0 Å². The summed E-state index contributed by atoms with van der Waals surface area (Å²) in [7, 11) is 0. The Hall–Kier alpha value is 0.1000. The number of alkyl halides is 1. The average Bonchev–Trinajstić information content (AvgIpc) is 2.15. The monoisotopic (exact) mass is 351 g/mol. The highest BCUT2D eigenvalue weighted by Gasteiger charge is 1.87. The van der Waals surface area contributed by atoms with Crippen molar-refractivity contribution >= 4 is 44.7 Å². The van der Waals surface area contributed by atoms with Gasteiger partial charge in [-0.15, -0.1) is 0 Å². The topological polar surface area (TPSA) is 12.4 Å². The predicted molar refractivity (Wildman–Crippen MR) is 70.0 cm³/mol. The molecule has 0 saturated heterocycles. The largest absolute Gasteiger partial charge is 0.293 e. The summed E-state index contributed by atoms with van der Waals surface area (Å²) in [5.41, 5.74) is 1.18. The molecule has 0 heterocycles. The summed E-state index contributed by atoms with van der Waals surface area (Å²) in [6.45, 7) is 0.900. The van der Waals surface area contributed by atoms with Gasteiger partial charge in [-0.1, -0.05) is 28.1 Å². The first-order chi connectivity index (χ1) is 6.33. The predicted octanol–water partition coefficient (Wildman–Crippen LogP) is 3.50. The molecule has 0 atom stereocenters. The van der Waals surface area contributed by atoms with Gasteiger partial charge < -0.3 is 0 Å². The first-order valence-corrected chi connectivity index (χ1v) is 6.34. The van der Waals surface area contributed by atoms with E-state index in [1.54, 1.807) is 0 Å². The molecule has 0 radical (unpaired) electrons. The van der Waals surface area contributed by atoms with Gasteiger partial charge in [0.25, 0.3) is 0 Å². The maximum atomic E-state index is 4.30. The van der Waals surface area contributed by atoms with E-state index in [1.807, 2.05) is 6.21 Å². The number of benzene rings is 1. The van der Waals surface area contributed by atoms with Crippen LogP contribution in [0.4, 0.5) is 0 Å². The van der Waals surface area contributed by atoms with Crippen molar-refractivity contribution in [3.8, 4) is 0 Å². The van der Waals surface area contributed by atoms with E-state index < -0.39 is 0 Å². The minimum absolute atomic E-state index is 0.900. The molecule has 13 heavy (non-hydrogen) atoms. The van der Waals surface area contributed by atoms with Crippen molar-refractivity contribution in [1.82, 2.24) is 0 Å². The summed E-state index contributed by atoms with van der Waals surface area (Å²) in [5, 5.41) is 1.02. The standard InChI is InChI=1S/C10H11BrIN/c11-6-1-7-13-8-9-2-4-10(12)5-3-9/h2-5,8H,1,6-7H2. The number of hydrogen-bond acceptors (Lipinski definition) is 1. The molecule has 0 saturated carbocycles. The Labute approximate surface area is 101 Å². The van der Waals surface area contributed by atoms with Gasteiger partial charge in [-0.2, -0.15) is 0 Å². The lowest BCUT2D eigenvalue weighted by atomic mass is 10.2. The third kappa shape index (κ3) is 4.76. The second-order valence-corrected chi connectivity index (χ2v) is 4.67. The first-order valence-electron chi connectivity index (χ1n) is 4.14. The molecular formula is C10H11BrIN. The summed E-state index contributed by atoms with van der Waals surface area (Å²) in [6, 6.07) is 8.34. The Balaban J connectivity index is 2.44. The number of nitrogens with zero attached hydrogens (tertiary/aromatic N) is 1. The fourth-order valence-corrected chi connectivity index (χ4v) is 1.48. The quantitative estimate of drug-likeness (QED) is 0.341. The zero-order chi connectivity index (χ0) is 9.52. The van der Waals surface area contributed by atoms with Crippen molar-refractivity contribution in [3.05, 3.63) is 33.4 Å². The highest BCUT2D eigenvalue weighted by Crippen LogP contribution is 2.04. The summed E-state index contributed by atoms with van der Waals surface area (Å²) in [6.07, 6.45) is 3.03. The molecule has 0 amide bonds. The molecule has 0 aliphatic carbocycles. The minimum Gasteiger partial charge on any atom is -0.293 e. The van der Waals surface area contributed by atoms with Crippen LogP contribution >= 0.6 is 38.5 Å². The van der Waals surface area contributed by atoms with E-state index in [9.17, 15) is 0 Å². The number of hydrogen-bond donors (Lipinski definition) is 0. The molecule has 1 rings (SSSR count). The highest BCUT2D eigenvalue weighted by atomic mass is 127. The molecule has 1 aromatic rings. The van der Waals surface area contributed by atoms with E-state index in [0.29, 0.717) is 0 Å². The van der Waals surface area contributed by atoms with Crippen LogP contribution in [-0.4, -0.2) is 18.1 Å². The molecule has 1 nitrogen and oxygen atoms in total. The smallest absolute Gasteiger partial charge is 0.0397 e. The van der Waals surface area contributed by atoms with E-state index >= 15 is 0 Å². The molecule has 0 aromatic heterocycles. The van der Waals surface area contributed by atoms with Gasteiger partial charge in [0.15, 0.2) is 0 Å². The summed E-state index contributed by atoms with van der Waals surface area (Å²) in [4.78, 5) is 4.30. The van der Waals surface area contributed by atoms with Gasteiger partial charge in [0.1, 0.15) is 0 Å². The molecule has 1 aromatic carbocycles.